The van der Waals surface area contributed by atoms with Crippen LogP contribution in [0.5, 0.6) is 0 Å². The second-order valence-electron chi connectivity index (χ2n) is 4.37. The number of rotatable bonds is 4. The highest BCUT2D eigenvalue weighted by atomic mass is 19.1. The zero-order chi connectivity index (χ0) is 14.7. The summed E-state index contributed by atoms with van der Waals surface area (Å²) in [6.45, 7) is -0.208. The molecule has 0 radical (unpaired) electrons. The molecule has 1 fully saturated rings. The van der Waals surface area contributed by atoms with Gasteiger partial charge in [0.25, 0.3) is 5.91 Å². The van der Waals surface area contributed by atoms with Crippen LogP contribution in [0.15, 0.2) is 24.3 Å². The largest absolute Gasteiger partial charge is 0.465 e. The molecule has 1 aliphatic heterocycles. The van der Waals surface area contributed by atoms with E-state index in [4.69, 9.17) is 0 Å². The third-order valence-electron chi connectivity index (χ3n) is 3.01. The number of hydrazine groups is 1. The number of benzene rings is 1. The Bertz CT molecular complexity index is 507. The first-order valence-electron chi connectivity index (χ1n) is 6.05. The summed E-state index contributed by atoms with van der Waals surface area (Å²) >= 11 is 0. The molecule has 1 heterocycles. The van der Waals surface area contributed by atoms with E-state index in [1.807, 2.05) is 0 Å². The Morgan fingerprint density at radius 2 is 2.15 bits per heavy atom. The maximum absolute atomic E-state index is 13.9. The molecule has 1 saturated heterocycles. The van der Waals surface area contributed by atoms with Crippen LogP contribution in [-0.2, 0) is 16.0 Å². The summed E-state index contributed by atoms with van der Waals surface area (Å²) in [6.07, 6.45) is -3.45. The molecule has 2 rings (SSSR count). The fourth-order valence-electron chi connectivity index (χ4n) is 1.91. The third kappa shape index (κ3) is 2.93. The van der Waals surface area contributed by atoms with Gasteiger partial charge >= 0.3 is 5.97 Å². The van der Waals surface area contributed by atoms with Crippen LogP contribution in [0.4, 0.5) is 8.78 Å². The van der Waals surface area contributed by atoms with Crippen molar-refractivity contribution < 1.29 is 23.1 Å². The Kier molecular flexibility index (Phi) is 4.29. The fourth-order valence-corrected chi connectivity index (χ4v) is 1.91. The summed E-state index contributed by atoms with van der Waals surface area (Å²) in [6, 6.07) is 6.13. The third-order valence-corrected chi connectivity index (χ3v) is 3.01. The lowest BCUT2D eigenvalue weighted by Crippen LogP contribution is -2.42. The molecular weight excluding hydrogens is 270 g/mol. The molecule has 2 unspecified atom stereocenters. The number of ether oxygens (including phenoxy) is 1. The highest BCUT2D eigenvalue weighted by Gasteiger charge is 2.36. The van der Waals surface area contributed by atoms with Crippen LogP contribution < -0.4 is 5.43 Å². The van der Waals surface area contributed by atoms with Crippen molar-refractivity contribution in [2.75, 3.05) is 13.7 Å². The van der Waals surface area contributed by atoms with Gasteiger partial charge < -0.3 is 4.74 Å². The summed E-state index contributed by atoms with van der Waals surface area (Å²) in [5, 5.41) is 0.666. The van der Waals surface area contributed by atoms with Gasteiger partial charge in [0.05, 0.1) is 19.2 Å². The molecule has 1 aliphatic rings. The number of hydrogen-bond donors (Lipinski definition) is 1. The number of halogens is 2. The van der Waals surface area contributed by atoms with Crippen LogP contribution in [-0.4, -0.2) is 43.0 Å². The second-order valence-corrected chi connectivity index (χ2v) is 4.37. The van der Waals surface area contributed by atoms with E-state index in [2.05, 4.69) is 10.2 Å². The van der Waals surface area contributed by atoms with E-state index >= 15 is 0 Å². The molecule has 0 bridgehead atoms. The van der Waals surface area contributed by atoms with Crippen LogP contribution in [0, 0.1) is 0 Å². The lowest BCUT2D eigenvalue weighted by molar-refractivity contribution is -0.139. The van der Waals surface area contributed by atoms with Crippen molar-refractivity contribution in [2.45, 2.75) is 18.9 Å². The standard InChI is InChI=1S/C13H14F2N2O3/c1-20-13(19)9-4-2-8(3-5-9)6-11(15)17-12(18)10(14)7-16-17/h2-5,10-11,16H,6-7H2,1H3. The van der Waals surface area contributed by atoms with Gasteiger partial charge in [-0.05, 0) is 17.7 Å². The Balaban J connectivity index is 1.99. The van der Waals surface area contributed by atoms with E-state index in [-0.39, 0.29) is 13.0 Å². The molecule has 1 amide bonds. The number of alkyl halides is 2. The zero-order valence-electron chi connectivity index (χ0n) is 10.8. The maximum Gasteiger partial charge on any atom is 0.337 e. The predicted octanol–water partition coefficient (Wildman–Crippen LogP) is 0.996. The van der Waals surface area contributed by atoms with Crippen LogP contribution in [0.3, 0.4) is 0 Å². The van der Waals surface area contributed by atoms with Gasteiger partial charge in [-0.15, -0.1) is 0 Å². The molecule has 20 heavy (non-hydrogen) atoms. The van der Waals surface area contributed by atoms with Crippen LogP contribution in [0.1, 0.15) is 15.9 Å². The Labute approximate surface area is 114 Å². The summed E-state index contributed by atoms with van der Waals surface area (Å²) in [4.78, 5) is 22.5. The number of methoxy groups -OCH3 is 1. The number of nitrogens with zero attached hydrogens (tertiary/aromatic N) is 1. The predicted molar refractivity (Wildman–Crippen MR) is 66.1 cm³/mol. The fraction of sp³-hybridized carbons (Fsp3) is 0.385. The molecular formula is C13H14F2N2O3. The van der Waals surface area contributed by atoms with Gasteiger partial charge in [0, 0.05) is 6.42 Å². The number of carbonyl (C=O) groups is 2. The minimum Gasteiger partial charge on any atom is -0.465 e. The van der Waals surface area contributed by atoms with Gasteiger partial charge in [0.15, 0.2) is 12.5 Å². The van der Waals surface area contributed by atoms with Gasteiger partial charge in [-0.2, -0.15) is 0 Å². The Hall–Kier alpha value is -2.02. The van der Waals surface area contributed by atoms with Crippen LogP contribution in [0.2, 0.25) is 0 Å². The molecule has 1 aromatic rings. The molecule has 0 saturated carbocycles. The number of amides is 1. The van der Waals surface area contributed by atoms with Crippen molar-refractivity contribution in [3.63, 3.8) is 0 Å². The minimum absolute atomic E-state index is 0.0904. The molecule has 108 valence electrons. The lowest BCUT2D eigenvalue weighted by Gasteiger charge is -2.20. The molecule has 0 aliphatic carbocycles. The summed E-state index contributed by atoms with van der Waals surface area (Å²) < 4.78 is 31.4. The molecule has 0 aromatic heterocycles. The first-order chi connectivity index (χ1) is 9.52. The van der Waals surface area contributed by atoms with Gasteiger partial charge in [0.2, 0.25) is 0 Å². The number of hydrogen-bond acceptors (Lipinski definition) is 4. The average Bonchev–Trinajstić information content (AvgIpc) is 2.79. The first-order valence-corrected chi connectivity index (χ1v) is 6.05. The van der Waals surface area contributed by atoms with E-state index in [1.165, 1.54) is 19.2 Å². The summed E-state index contributed by atoms with van der Waals surface area (Å²) in [7, 11) is 1.27. The average molecular weight is 284 g/mol. The Morgan fingerprint density at radius 1 is 1.50 bits per heavy atom. The van der Waals surface area contributed by atoms with Gasteiger partial charge in [-0.3, -0.25) is 4.79 Å². The molecule has 1 N–H and O–H groups in total. The number of carbonyl (C=O) groups excluding carboxylic acids is 2. The van der Waals surface area contributed by atoms with Crippen molar-refractivity contribution in [2.24, 2.45) is 0 Å². The minimum atomic E-state index is -1.70. The summed E-state index contributed by atoms with van der Waals surface area (Å²) in [5.41, 5.74) is 3.31. The van der Waals surface area contributed by atoms with Gasteiger partial charge in [0.1, 0.15) is 0 Å². The quantitative estimate of drug-likeness (QED) is 0.662. The highest BCUT2D eigenvalue weighted by molar-refractivity contribution is 5.89. The Morgan fingerprint density at radius 3 is 2.65 bits per heavy atom. The van der Waals surface area contributed by atoms with E-state index in [0.29, 0.717) is 16.1 Å². The number of nitrogens with one attached hydrogen (secondary N) is 1. The molecule has 0 spiro atoms. The van der Waals surface area contributed by atoms with Crippen LogP contribution in [0.25, 0.3) is 0 Å². The molecule has 7 heteroatoms. The molecule has 2 atom stereocenters. The molecule has 1 aromatic carbocycles. The van der Waals surface area contributed by atoms with Gasteiger partial charge in [-0.1, -0.05) is 12.1 Å². The van der Waals surface area contributed by atoms with Crippen molar-refractivity contribution in [1.29, 1.82) is 0 Å². The maximum atomic E-state index is 13.9. The van der Waals surface area contributed by atoms with E-state index in [1.54, 1.807) is 12.1 Å². The first kappa shape index (κ1) is 14.4. The van der Waals surface area contributed by atoms with Crippen molar-refractivity contribution in [3.8, 4) is 0 Å². The monoisotopic (exact) mass is 284 g/mol. The number of esters is 1. The van der Waals surface area contributed by atoms with Crippen molar-refractivity contribution in [3.05, 3.63) is 35.4 Å². The van der Waals surface area contributed by atoms with E-state index < -0.39 is 24.3 Å². The lowest BCUT2D eigenvalue weighted by atomic mass is 10.1. The van der Waals surface area contributed by atoms with Gasteiger partial charge in [-0.25, -0.2) is 24.0 Å². The smallest absolute Gasteiger partial charge is 0.337 e. The topological polar surface area (TPSA) is 58.6 Å². The SMILES string of the molecule is COC(=O)c1ccc(CC(F)N2NCC(F)C2=O)cc1. The van der Waals surface area contributed by atoms with Crippen LogP contribution >= 0.6 is 0 Å². The van der Waals surface area contributed by atoms with Crippen molar-refractivity contribution >= 4 is 11.9 Å². The summed E-state index contributed by atoms with van der Waals surface area (Å²) in [5.74, 6) is -1.38. The highest BCUT2D eigenvalue weighted by Crippen LogP contribution is 2.15. The molecule has 5 nitrogen and oxygen atoms in total. The van der Waals surface area contributed by atoms with E-state index in [0.717, 1.165) is 0 Å². The second kappa shape index (κ2) is 5.96. The normalized spacial score (nSPS) is 20.1. The van der Waals surface area contributed by atoms with Crippen molar-refractivity contribution in [1.82, 2.24) is 10.4 Å². The zero-order valence-corrected chi connectivity index (χ0v) is 10.8. The van der Waals surface area contributed by atoms with E-state index in [9.17, 15) is 18.4 Å².